The lowest BCUT2D eigenvalue weighted by atomic mass is 10.1. The topological polar surface area (TPSA) is 78.8 Å². The third kappa shape index (κ3) is 5.83. The Morgan fingerprint density at radius 2 is 1.56 bits per heavy atom. The van der Waals surface area contributed by atoms with Crippen LogP contribution in [0, 0.1) is 13.8 Å². The lowest BCUT2D eigenvalue weighted by Gasteiger charge is -2.24. The van der Waals surface area contributed by atoms with E-state index in [4.69, 9.17) is 0 Å². The van der Waals surface area contributed by atoms with Gasteiger partial charge in [0, 0.05) is 4.47 Å². The van der Waals surface area contributed by atoms with Crippen molar-refractivity contribution in [2.24, 2.45) is 5.10 Å². The van der Waals surface area contributed by atoms with Gasteiger partial charge in [0.15, 0.2) is 0 Å². The summed E-state index contributed by atoms with van der Waals surface area (Å²) in [4.78, 5) is 12.8. The maximum atomic E-state index is 13.4. The average molecular weight is 514 g/mol. The molecule has 1 amide bonds. The van der Waals surface area contributed by atoms with Gasteiger partial charge in [0.1, 0.15) is 6.54 Å². The van der Waals surface area contributed by atoms with E-state index in [9.17, 15) is 13.2 Å². The van der Waals surface area contributed by atoms with E-state index in [1.165, 1.54) is 12.1 Å². The Balaban J connectivity index is 1.89. The number of carbonyl (C=O) groups excluding carboxylic acids is 1. The number of amides is 1. The molecule has 3 aromatic carbocycles. The summed E-state index contributed by atoms with van der Waals surface area (Å²) in [5.74, 6) is -0.542. The largest absolute Gasteiger partial charge is 0.271 e. The van der Waals surface area contributed by atoms with E-state index in [2.05, 4.69) is 26.5 Å². The van der Waals surface area contributed by atoms with E-state index in [1.807, 2.05) is 44.2 Å². The van der Waals surface area contributed by atoms with Gasteiger partial charge in [-0.3, -0.25) is 9.10 Å². The van der Waals surface area contributed by atoms with Crippen molar-refractivity contribution in [1.82, 2.24) is 5.43 Å². The molecule has 8 heteroatoms. The minimum Gasteiger partial charge on any atom is -0.271 e. The first-order valence-corrected chi connectivity index (χ1v) is 12.2. The van der Waals surface area contributed by atoms with Crippen LogP contribution in [-0.2, 0) is 14.8 Å². The van der Waals surface area contributed by atoms with Crippen LogP contribution in [0.25, 0.3) is 0 Å². The van der Waals surface area contributed by atoms with Crippen LogP contribution in [0.1, 0.15) is 23.6 Å². The van der Waals surface area contributed by atoms with Gasteiger partial charge >= 0.3 is 0 Å². The zero-order valence-corrected chi connectivity index (χ0v) is 20.4. The molecule has 1 N–H and O–H groups in total. The van der Waals surface area contributed by atoms with E-state index in [1.54, 1.807) is 37.3 Å². The summed E-state index contributed by atoms with van der Waals surface area (Å²) in [5.41, 5.74) is 6.16. The lowest BCUT2D eigenvalue weighted by Crippen LogP contribution is -2.39. The Bertz CT molecular complexity index is 1220. The van der Waals surface area contributed by atoms with Gasteiger partial charge in [0.2, 0.25) is 0 Å². The first-order chi connectivity index (χ1) is 15.2. The molecule has 0 unspecified atom stereocenters. The van der Waals surface area contributed by atoms with Crippen LogP contribution in [-0.4, -0.2) is 26.6 Å². The molecule has 3 rings (SSSR count). The molecule has 32 heavy (non-hydrogen) atoms. The Hall–Kier alpha value is -2.97. The molecule has 0 saturated carbocycles. The number of hydrogen-bond donors (Lipinski definition) is 1. The zero-order valence-electron chi connectivity index (χ0n) is 18.0. The van der Waals surface area contributed by atoms with Crippen molar-refractivity contribution in [2.45, 2.75) is 25.7 Å². The Morgan fingerprint density at radius 3 is 2.16 bits per heavy atom. The minimum absolute atomic E-state index is 0.113. The summed E-state index contributed by atoms with van der Waals surface area (Å²) in [7, 11) is -3.96. The maximum Gasteiger partial charge on any atom is 0.264 e. The predicted molar refractivity (Wildman–Crippen MR) is 131 cm³/mol. The van der Waals surface area contributed by atoms with Crippen LogP contribution in [0.3, 0.4) is 0 Å². The highest BCUT2D eigenvalue weighted by Gasteiger charge is 2.27. The molecule has 0 aliphatic rings. The van der Waals surface area contributed by atoms with E-state index in [0.29, 0.717) is 11.4 Å². The standard InChI is InChI=1S/C24H24BrN3O3S/c1-17-13-18(2)15-22(14-17)28(32(30,31)23-7-5-4-6-8-23)16-24(29)27-26-19(3)20-9-11-21(25)12-10-20/h4-15H,16H2,1-3H3,(H,27,29)/b26-19-. The van der Waals surface area contributed by atoms with Gasteiger partial charge in [0.25, 0.3) is 15.9 Å². The highest BCUT2D eigenvalue weighted by molar-refractivity contribution is 9.10. The molecule has 0 aliphatic heterocycles. The van der Waals surface area contributed by atoms with E-state index >= 15 is 0 Å². The van der Waals surface area contributed by atoms with Crippen molar-refractivity contribution in [3.8, 4) is 0 Å². The number of hydrazone groups is 1. The third-order valence-electron chi connectivity index (χ3n) is 4.72. The third-order valence-corrected chi connectivity index (χ3v) is 7.04. The highest BCUT2D eigenvalue weighted by atomic mass is 79.9. The van der Waals surface area contributed by atoms with Crippen molar-refractivity contribution < 1.29 is 13.2 Å². The highest BCUT2D eigenvalue weighted by Crippen LogP contribution is 2.25. The van der Waals surface area contributed by atoms with Gasteiger partial charge < -0.3 is 0 Å². The summed E-state index contributed by atoms with van der Waals surface area (Å²) in [6.45, 7) is 5.13. The normalized spacial score (nSPS) is 11.8. The van der Waals surface area contributed by atoms with Crippen LogP contribution < -0.4 is 9.73 Å². The number of nitrogens with zero attached hydrogens (tertiary/aromatic N) is 2. The van der Waals surface area contributed by atoms with Crippen molar-refractivity contribution in [3.05, 3.63) is 94.0 Å². The van der Waals surface area contributed by atoms with Crippen molar-refractivity contribution in [1.29, 1.82) is 0 Å². The molecule has 0 heterocycles. The number of sulfonamides is 1. The monoisotopic (exact) mass is 513 g/mol. The number of rotatable bonds is 7. The number of anilines is 1. The van der Waals surface area contributed by atoms with E-state index in [0.717, 1.165) is 25.5 Å². The van der Waals surface area contributed by atoms with Crippen LogP contribution in [0.2, 0.25) is 0 Å². The molecule has 0 spiro atoms. The summed E-state index contributed by atoms with van der Waals surface area (Å²) >= 11 is 3.38. The Morgan fingerprint density at radius 1 is 0.969 bits per heavy atom. The Kier molecular flexibility index (Phi) is 7.48. The molecule has 3 aromatic rings. The lowest BCUT2D eigenvalue weighted by molar-refractivity contribution is -0.119. The van der Waals surface area contributed by atoms with Gasteiger partial charge in [-0.1, -0.05) is 52.3 Å². The molecule has 0 saturated heterocycles. The first kappa shape index (κ1) is 23.7. The molecule has 0 fully saturated rings. The number of nitrogens with one attached hydrogen (secondary N) is 1. The summed E-state index contributed by atoms with van der Waals surface area (Å²) in [6.07, 6.45) is 0. The van der Waals surface area contributed by atoms with Crippen molar-refractivity contribution in [3.63, 3.8) is 0 Å². The van der Waals surface area contributed by atoms with Crippen molar-refractivity contribution in [2.75, 3.05) is 10.8 Å². The molecule has 0 aliphatic carbocycles. The number of carbonyl (C=O) groups is 1. The number of benzene rings is 3. The van der Waals surface area contributed by atoms with Gasteiger partial charge in [0.05, 0.1) is 16.3 Å². The summed E-state index contributed by atoms with van der Waals surface area (Å²) < 4.78 is 28.8. The molecule has 6 nitrogen and oxygen atoms in total. The van der Waals surface area contributed by atoms with Gasteiger partial charge in [-0.2, -0.15) is 5.10 Å². The number of halogens is 1. The smallest absolute Gasteiger partial charge is 0.264 e. The molecule has 0 aromatic heterocycles. The number of aryl methyl sites for hydroxylation is 2. The minimum atomic E-state index is -3.96. The maximum absolute atomic E-state index is 13.4. The van der Waals surface area contributed by atoms with Crippen LogP contribution >= 0.6 is 15.9 Å². The summed E-state index contributed by atoms with van der Waals surface area (Å²) in [6, 6.07) is 21.0. The fourth-order valence-corrected chi connectivity index (χ4v) is 4.89. The van der Waals surface area contributed by atoms with Crippen molar-refractivity contribution >= 4 is 43.3 Å². The predicted octanol–water partition coefficient (Wildman–Crippen LogP) is 4.80. The quantitative estimate of drug-likeness (QED) is 0.364. The first-order valence-electron chi connectivity index (χ1n) is 9.92. The SMILES string of the molecule is C/C(=N/NC(=O)CN(c1cc(C)cc(C)c1)S(=O)(=O)c1ccccc1)c1ccc(Br)cc1. The van der Waals surface area contributed by atoms with Crippen LogP contribution in [0.4, 0.5) is 5.69 Å². The Labute approximate surface area is 197 Å². The fourth-order valence-electron chi connectivity index (χ4n) is 3.20. The molecule has 0 atom stereocenters. The summed E-state index contributed by atoms with van der Waals surface area (Å²) in [5, 5.41) is 4.14. The fraction of sp³-hybridized carbons (Fsp3) is 0.167. The van der Waals surface area contributed by atoms with Gasteiger partial charge in [-0.15, -0.1) is 0 Å². The molecular formula is C24H24BrN3O3S. The second-order valence-corrected chi connectivity index (χ2v) is 10.2. The molecule has 166 valence electrons. The van der Waals surface area contributed by atoms with Crippen LogP contribution in [0.5, 0.6) is 0 Å². The second kappa shape index (κ2) is 10.1. The molecule has 0 bridgehead atoms. The van der Waals surface area contributed by atoms with Crippen LogP contribution in [0.15, 0.2) is 87.3 Å². The van der Waals surface area contributed by atoms with Gasteiger partial charge in [-0.25, -0.2) is 13.8 Å². The zero-order chi connectivity index (χ0) is 23.3. The second-order valence-electron chi connectivity index (χ2n) is 7.41. The van der Waals surface area contributed by atoms with E-state index < -0.39 is 22.5 Å². The average Bonchev–Trinajstić information content (AvgIpc) is 2.76. The molecular weight excluding hydrogens is 490 g/mol. The van der Waals surface area contributed by atoms with E-state index in [-0.39, 0.29) is 4.90 Å². The molecule has 0 radical (unpaired) electrons. The number of hydrogen-bond acceptors (Lipinski definition) is 4. The van der Waals surface area contributed by atoms with Gasteiger partial charge in [-0.05, 0) is 73.9 Å².